The van der Waals surface area contributed by atoms with E-state index in [0.717, 1.165) is 17.5 Å². The minimum atomic E-state index is -0.281. The Morgan fingerprint density at radius 2 is 1.96 bits per heavy atom. The van der Waals surface area contributed by atoms with Gasteiger partial charge in [-0.15, -0.1) is 0 Å². The number of nitrogens with zero attached hydrogens (tertiary/aromatic N) is 2. The number of carbonyl (C=O) groups excluding carboxylic acids is 1. The van der Waals surface area contributed by atoms with Gasteiger partial charge in [0.1, 0.15) is 6.54 Å². The predicted octanol–water partition coefficient (Wildman–Crippen LogP) is 2.44. The van der Waals surface area contributed by atoms with Crippen molar-refractivity contribution in [1.29, 1.82) is 0 Å². The number of aryl methyl sites for hydroxylation is 2. The van der Waals surface area contributed by atoms with Crippen LogP contribution in [0.25, 0.3) is 11.3 Å². The quantitative estimate of drug-likeness (QED) is 0.922. The van der Waals surface area contributed by atoms with Crippen LogP contribution in [0.2, 0.25) is 0 Å². The molecule has 0 aliphatic carbocycles. The fourth-order valence-corrected chi connectivity index (χ4v) is 2.18. The third-order valence-corrected chi connectivity index (χ3v) is 3.98. The van der Waals surface area contributed by atoms with E-state index >= 15 is 0 Å². The van der Waals surface area contributed by atoms with E-state index in [0.29, 0.717) is 5.69 Å². The number of benzene rings is 1. The number of hydrogen-bond donors (Lipinski definition) is 1. The normalized spacial score (nSPS) is 12.0. The summed E-state index contributed by atoms with van der Waals surface area (Å²) in [5.41, 5.74) is 3.71. The molecule has 1 unspecified atom stereocenters. The average Bonchev–Trinajstić information content (AvgIpc) is 2.52. The first-order chi connectivity index (χ1) is 10.9. The second-order valence-corrected chi connectivity index (χ2v) is 5.89. The van der Waals surface area contributed by atoms with Crippen LogP contribution in [0.4, 0.5) is 0 Å². The van der Waals surface area contributed by atoms with Crippen molar-refractivity contribution in [2.45, 2.75) is 46.7 Å². The zero-order chi connectivity index (χ0) is 17.0. The number of hydrogen-bond acceptors (Lipinski definition) is 3. The lowest BCUT2D eigenvalue weighted by atomic mass is 10.0. The maximum absolute atomic E-state index is 12.0. The van der Waals surface area contributed by atoms with Gasteiger partial charge in [-0.1, -0.05) is 19.1 Å². The maximum Gasteiger partial charge on any atom is 0.267 e. The Morgan fingerprint density at radius 1 is 1.22 bits per heavy atom. The Labute approximate surface area is 136 Å². The van der Waals surface area contributed by atoms with Gasteiger partial charge in [0.15, 0.2) is 0 Å². The highest BCUT2D eigenvalue weighted by Crippen LogP contribution is 2.19. The van der Waals surface area contributed by atoms with E-state index in [4.69, 9.17) is 0 Å². The fourth-order valence-electron chi connectivity index (χ4n) is 2.18. The molecule has 1 heterocycles. The molecular weight excluding hydrogens is 290 g/mol. The molecule has 0 aliphatic heterocycles. The van der Waals surface area contributed by atoms with Gasteiger partial charge in [-0.25, -0.2) is 4.68 Å². The standard InChI is InChI=1S/C18H23N3O2/c1-5-14(4)19-17(22)11-21-18(23)9-8-16(20-21)15-7-6-12(2)13(3)10-15/h6-10,14H,5,11H2,1-4H3,(H,19,22). The van der Waals surface area contributed by atoms with Crippen LogP contribution in [-0.4, -0.2) is 21.7 Å². The van der Waals surface area contributed by atoms with E-state index in [2.05, 4.69) is 10.4 Å². The number of amides is 1. The minimum Gasteiger partial charge on any atom is -0.352 e. The molecule has 5 heteroatoms. The smallest absolute Gasteiger partial charge is 0.267 e. The molecule has 0 bridgehead atoms. The Balaban J connectivity index is 2.26. The number of rotatable bonds is 5. The molecule has 1 aromatic heterocycles. The van der Waals surface area contributed by atoms with Crippen molar-refractivity contribution < 1.29 is 4.79 Å². The van der Waals surface area contributed by atoms with Crippen molar-refractivity contribution in [1.82, 2.24) is 15.1 Å². The number of aromatic nitrogens is 2. The molecule has 5 nitrogen and oxygen atoms in total. The lowest BCUT2D eigenvalue weighted by Gasteiger charge is -2.12. The highest BCUT2D eigenvalue weighted by atomic mass is 16.2. The summed E-state index contributed by atoms with van der Waals surface area (Å²) in [6.07, 6.45) is 0.844. The van der Waals surface area contributed by atoms with Crippen molar-refractivity contribution in [3.63, 3.8) is 0 Å². The summed E-state index contributed by atoms with van der Waals surface area (Å²) in [5, 5.41) is 7.17. The summed E-state index contributed by atoms with van der Waals surface area (Å²) in [5.74, 6) is -0.203. The summed E-state index contributed by atoms with van der Waals surface area (Å²) in [7, 11) is 0. The van der Waals surface area contributed by atoms with Crippen LogP contribution >= 0.6 is 0 Å². The van der Waals surface area contributed by atoms with Crippen LogP contribution < -0.4 is 10.9 Å². The van der Waals surface area contributed by atoms with E-state index in [1.54, 1.807) is 6.07 Å². The van der Waals surface area contributed by atoms with Crippen molar-refractivity contribution in [3.8, 4) is 11.3 Å². The monoisotopic (exact) mass is 313 g/mol. The predicted molar refractivity (Wildman–Crippen MR) is 91.3 cm³/mol. The van der Waals surface area contributed by atoms with Gasteiger partial charge in [-0.2, -0.15) is 5.10 Å². The first-order valence-electron chi connectivity index (χ1n) is 7.86. The van der Waals surface area contributed by atoms with E-state index in [1.807, 2.05) is 45.9 Å². The van der Waals surface area contributed by atoms with Gasteiger partial charge >= 0.3 is 0 Å². The Bertz CT molecular complexity index is 765. The summed E-state index contributed by atoms with van der Waals surface area (Å²) in [6, 6.07) is 9.26. The van der Waals surface area contributed by atoms with E-state index in [9.17, 15) is 9.59 Å². The highest BCUT2D eigenvalue weighted by Gasteiger charge is 2.10. The fraction of sp³-hybridized carbons (Fsp3) is 0.389. The molecule has 23 heavy (non-hydrogen) atoms. The zero-order valence-electron chi connectivity index (χ0n) is 14.1. The summed E-state index contributed by atoms with van der Waals surface area (Å²) < 4.78 is 1.21. The van der Waals surface area contributed by atoms with Crippen LogP contribution in [0.5, 0.6) is 0 Å². The van der Waals surface area contributed by atoms with Gasteiger partial charge in [0.2, 0.25) is 5.91 Å². The van der Waals surface area contributed by atoms with Crippen molar-refractivity contribution in [2.75, 3.05) is 0 Å². The molecule has 0 fully saturated rings. The van der Waals surface area contributed by atoms with Crippen LogP contribution in [0.3, 0.4) is 0 Å². The van der Waals surface area contributed by atoms with Crippen molar-refractivity contribution in [2.24, 2.45) is 0 Å². The van der Waals surface area contributed by atoms with Crippen molar-refractivity contribution >= 4 is 5.91 Å². The lowest BCUT2D eigenvalue weighted by Crippen LogP contribution is -2.37. The molecule has 1 aromatic carbocycles. The summed E-state index contributed by atoms with van der Waals surface area (Å²) in [4.78, 5) is 23.9. The number of carbonyl (C=O) groups is 1. The molecule has 0 saturated heterocycles. The van der Waals surface area contributed by atoms with E-state index < -0.39 is 0 Å². The second-order valence-electron chi connectivity index (χ2n) is 5.89. The molecule has 0 aliphatic rings. The topological polar surface area (TPSA) is 64.0 Å². The van der Waals surface area contributed by atoms with Gasteiger partial charge in [0.25, 0.3) is 5.56 Å². The first kappa shape index (κ1) is 16.9. The molecule has 2 aromatic rings. The SMILES string of the molecule is CCC(C)NC(=O)Cn1nc(-c2ccc(C)c(C)c2)ccc1=O. The Kier molecular flexibility index (Phi) is 5.32. The van der Waals surface area contributed by atoms with Crippen molar-refractivity contribution in [3.05, 3.63) is 51.8 Å². The molecule has 1 amide bonds. The van der Waals surface area contributed by atoms with E-state index in [1.165, 1.54) is 16.3 Å². The summed E-state index contributed by atoms with van der Waals surface area (Å²) in [6.45, 7) is 7.94. The third kappa shape index (κ3) is 4.28. The largest absolute Gasteiger partial charge is 0.352 e. The van der Waals surface area contributed by atoms with Gasteiger partial charge in [0, 0.05) is 17.7 Å². The maximum atomic E-state index is 12.0. The second kappa shape index (κ2) is 7.22. The molecule has 122 valence electrons. The minimum absolute atomic E-state index is 0.0676. The molecule has 1 N–H and O–H groups in total. The van der Waals surface area contributed by atoms with Gasteiger partial charge < -0.3 is 5.32 Å². The van der Waals surface area contributed by atoms with Crippen LogP contribution in [0.1, 0.15) is 31.4 Å². The molecular formula is C18H23N3O2. The van der Waals surface area contributed by atoms with Crippen LogP contribution in [0.15, 0.2) is 35.1 Å². The average molecular weight is 313 g/mol. The zero-order valence-corrected chi connectivity index (χ0v) is 14.1. The van der Waals surface area contributed by atoms with Crippen LogP contribution in [0, 0.1) is 13.8 Å². The molecule has 0 spiro atoms. The Morgan fingerprint density at radius 3 is 2.61 bits per heavy atom. The first-order valence-corrected chi connectivity index (χ1v) is 7.86. The number of nitrogens with one attached hydrogen (secondary N) is 1. The van der Waals surface area contributed by atoms with Gasteiger partial charge in [-0.05, 0) is 50.5 Å². The van der Waals surface area contributed by atoms with Crippen LogP contribution in [-0.2, 0) is 11.3 Å². The highest BCUT2D eigenvalue weighted by molar-refractivity contribution is 5.76. The Hall–Kier alpha value is -2.43. The molecule has 0 radical (unpaired) electrons. The summed E-state index contributed by atoms with van der Waals surface area (Å²) >= 11 is 0. The van der Waals surface area contributed by atoms with Gasteiger partial charge in [-0.3, -0.25) is 9.59 Å². The lowest BCUT2D eigenvalue weighted by molar-refractivity contribution is -0.122. The molecule has 1 atom stereocenters. The molecule has 0 saturated carbocycles. The van der Waals surface area contributed by atoms with Gasteiger partial charge in [0.05, 0.1) is 5.69 Å². The van der Waals surface area contributed by atoms with E-state index in [-0.39, 0.29) is 24.1 Å². The molecule has 2 rings (SSSR count). The third-order valence-electron chi connectivity index (χ3n) is 3.98.